The fraction of sp³-hybridized carbons (Fsp3) is 0.643. The third kappa shape index (κ3) is 4.19. The number of aromatic hydroxyl groups is 1. The van der Waals surface area contributed by atoms with E-state index < -0.39 is 5.79 Å². The van der Waals surface area contributed by atoms with Gasteiger partial charge in [0.1, 0.15) is 17.3 Å². The zero-order valence-corrected chi connectivity index (χ0v) is 21.2. The standard InChI is InChI=1S/C28H40O5/c1-18(9-10-20-15-21(31-7)14-19(2)24(20)29)13-22-16-26(5)11-8-12-27(26,6)28(30,32-22)17-23-25(3,4)33-23/h9,14-16,23,29-30H,8,10-13,17H2,1-7H3/b18-9+/t23-,26+,27+,28+/m0/s1. The van der Waals surface area contributed by atoms with Crippen LogP contribution in [0.15, 0.2) is 35.6 Å². The molecule has 5 nitrogen and oxygen atoms in total. The molecule has 0 amide bonds. The van der Waals surface area contributed by atoms with Crippen molar-refractivity contribution in [1.29, 1.82) is 0 Å². The Morgan fingerprint density at radius 2 is 1.91 bits per heavy atom. The first-order valence-corrected chi connectivity index (χ1v) is 12.2. The van der Waals surface area contributed by atoms with Gasteiger partial charge in [-0.25, -0.2) is 0 Å². The molecule has 2 aliphatic heterocycles. The Labute approximate surface area is 198 Å². The average molecular weight is 457 g/mol. The summed E-state index contributed by atoms with van der Waals surface area (Å²) in [4.78, 5) is 0. The zero-order chi connectivity index (χ0) is 24.2. The Balaban J connectivity index is 1.55. The highest BCUT2D eigenvalue weighted by molar-refractivity contribution is 5.46. The summed E-state index contributed by atoms with van der Waals surface area (Å²) in [6.07, 6.45) is 9.20. The molecule has 0 radical (unpaired) electrons. The van der Waals surface area contributed by atoms with E-state index in [1.165, 1.54) is 0 Å². The molecule has 0 bridgehead atoms. The summed E-state index contributed by atoms with van der Waals surface area (Å²) in [6.45, 7) is 12.5. The quantitative estimate of drug-likeness (QED) is 0.392. The normalized spacial score (nSPS) is 35.0. The fourth-order valence-corrected chi connectivity index (χ4v) is 5.90. The number of hydrogen-bond donors (Lipinski definition) is 2. The van der Waals surface area contributed by atoms with Crippen molar-refractivity contribution in [3.8, 4) is 11.5 Å². The van der Waals surface area contributed by atoms with Crippen molar-refractivity contribution in [3.63, 3.8) is 0 Å². The lowest BCUT2D eigenvalue weighted by Gasteiger charge is -2.54. The predicted octanol–water partition coefficient (Wildman–Crippen LogP) is 5.95. The highest BCUT2D eigenvalue weighted by Gasteiger charge is 2.66. The molecule has 3 aliphatic rings. The van der Waals surface area contributed by atoms with Crippen molar-refractivity contribution in [2.24, 2.45) is 10.8 Å². The van der Waals surface area contributed by atoms with Crippen LogP contribution in [0.1, 0.15) is 77.8 Å². The molecule has 5 heteroatoms. The molecule has 1 aromatic carbocycles. The lowest BCUT2D eigenvalue weighted by Crippen LogP contribution is -2.57. The van der Waals surface area contributed by atoms with Crippen LogP contribution in [-0.2, 0) is 15.9 Å². The van der Waals surface area contributed by atoms with Gasteiger partial charge in [-0.05, 0) is 70.7 Å². The van der Waals surface area contributed by atoms with Crippen LogP contribution in [0, 0.1) is 17.8 Å². The molecule has 0 spiro atoms. The molecular weight excluding hydrogens is 416 g/mol. The van der Waals surface area contributed by atoms with Crippen molar-refractivity contribution < 1.29 is 24.4 Å². The van der Waals surface area contributed by atoms with Gasteiger partial charge >= 0.3 is 0 Å². The Morgan fingerprint density at radius 1 is 1.21 bits per heavy atom. The van der Waals surface area contributed by atoms with Gasteiger partial charge in [0.2, 0.25) is 5.79 Å². The summed E-state index contributed by atoms with van der Waals surface area (Å²) in [5, 5.41) is 22.4. The van der Waals surface area contributed by atoms with Gasteiger partial charge in [0.15, 0.2) is 0 Å². The van der Waals surface area contributed by atoms with Crippen LogP contribution in [0.25, 0.3) is 0 Å². The van der Waals surface area contributed by atoms with Gasteiger partial charge in [-0.2, -0.15) is 0 Å². The number of aryl methyl sites for hydroxylation is 1. The van der Waals surface area contributed by atoms with Gasteiger partial charge in [-0.15, -0.1) is 0 Å². The third-order valence-electron chi connectivity index (χ3n) is 8.61. The van der Waals surface area contributed by atoms with Crippen LogP contribution in [0.2, 0.25) is 0 Å². The Hall–Kier alpha value is -1.98. The summed E-state index contributed by atoms with van der Waals surface area (Å²) >= 11 is 0. The summed E-state index contributed by atoms with van der Waals surface area (Å²) in [6, 6.07) is 3.71. The van der Waals surface area contributed by atoms with E-state index in [1.54, 1.807) is 7.11 Å². The molecular formula is C28H40O5. The molecule has 1 aliphatic carbocycles. The number of hydrogen-bond acceptors (Lipinski definition) is 5. The lowest BCUT2D eigenvalue weighted by molar-refractivity contribution is -0.285. The predicted molar refractivity (Wildman–Crippen MR) is 129 cm³/mol. The molecule has 2 N–H and O–H groups in total. The number of phenolic OH excluding ortho intramolecular Hbond substituents is 1. The molecule has 0 unspecified atom stereocenters. The minimum absolute atomic E-state index is 0.0134. The molecule has 1 saturated heterocycles. The number of aliphatic hydroxyl groups is 1. The van der Waals surface area contributed by atoms with Gasteiger partial charge in [0.05, 0.1) is 18.8 Å². The van der Waals surface area contributed by atoms with Gasteiger partial charge in [-0.3, -0.25) is 0 Å². The maximum absolute atomic E-state index is 11.9. The van der Waals surface area contributed by atoms with E-state index in [-0.39, 0.29) is 22.5 Å². The molecule has 4 rings (SSSR count). The average Bonchev–Trinajstić information content (AvgIpc) is 3.17. The van der Waals surface area contributed by atoms with Crippen LogP contribution < -0.4 is 4.74 Å². The second-order valence-corrected chi connectivity index (χ2v) is 11.4. The number of allylic oxidation sites excluding steroid dienone is 3. The molecule has 4 atom stereocenters. The van der Waals surface area contributed by atoms with Crippen molar-refractivity contribution in [1.82, 2.24) is 0 Å². The summed E-state index contributed by atoms with van der Waals surface area (Å²) in [5.41, 5.74) is 2.13. The Bertz CT molecular complexity index is 992. The van der Waals surface area contributed by atoms with E-state index in [0.29, 0.717) is 25.0 Å². The summed E-state index contributed by atoms with van der Waals surface area (Å²) < 4.78 is 17.6. The fourth-order valence-electron chi connectivity index (χ4n) is 5.90. The van der Waals surface area contributed by atoms with Crippen molar-refractivity contribution in [2.45, 2.75) is 97.6 Å². The third-order valence-corrected chi connectivity index (χ3v) is 8.61. The van der Waals surface area contributed by atoms with Crippen LogP contribution in [-0.4, -0.2) is 34.8 Å². The maximum Gasteiger partial charge on any atom is 0.216 e. The van der Waals surface area contributed by atoms with E-state index in [2.05, 4.69) is 46.8 Å². The SMILES string of the molecule is COc1cc(C)c(O)c(C/C=C(\C)CC2=C[C@@]3(C)CCC[C@@]3(C)[C@@](O)(C[C@@H]3OC3(C)C)O2)c1. The monoisotopic (exact) mass is 456 g/mol. The van der Waals surface area contributed by atoms with Gasteiger partial charge < -0.3 is 24.4 Å². The first-order chi connectivity index (χ1) is 15.3. The molecule has 0 aromatic heterocycles. The van der Waals surface area contributed by atoms with Crippen molar-refractivity contribution in [3.05, 3.63) is 46.7 Å². The Kier molecular flexibility index (Phi) is 5.90. The van der Waals surface area contributed by atoms with Crippen LogP contribution in [0.3, 0.4) is 0 Å². The molecule has 33 heavy (non-hydrogen) atoms. The largest absolute Gasteiger partial charge is 0.507 e. The number of ether oxygens (including phenoxy) is 3. The van der Waals surface area contributed by atoms with Crippen molar-refractivity contribution >= 4 is 0 Å². The van der Waals surface area contributed by atoms with E-state index in [0.717, 1.165) is 47.5 Å². The van der Waals surface area contributed by atoms with Crippen molar-refractivity contribution in [2.75, 3.05) is 7.11 Å². The first-order valence-electron chi connectivity index (χ1n) is 12.2. The minimum atomic E-state index is -1.25. The molecule has 2 heterocycles. The Morgan fingerprint density at radius 3 is 2.55 bits per heavy atom. The van der Waals surface area contributed by atoms with E-state index in [9.17, 15) is 10.2 Å². The highest BCUT2D eigenvalue weighted by atomic mass is 16.6. The number of epoxide rings is 1. The highest BCUT2D eigenvalue weighted by Crippen LogP contribution is 2.64. The van der Waals surface area contributed by atoms with Gasteiger partial charge in [0, 0.05) is 29.2 Å². The maximum atomic E-state index is 11.9. The van der Waals surface area contributed by atoms with Crippen LogP contribution in [0.5, 0.6) is 11.5 Å². The lowest BCUT2D eigenvalue weighted by atomic mass is 9.60. The smallest absolute Gasteiger partial charge is 0.216 e. The van der Waals surface area contributed by atoms with Gasteiger partial charge in [0.25, 0.3) is 0 Å². The molecule has 1 saturated carbocycles. The zero-order valence-electron chi connectivity index (χ0n) is 21.2. The topological polar surface area (TPSA) is 71.5 Å². The number of benzene rings is 1. The second-order valence-electron chi connectivity index (χ2n) is 11.4. The van der Waals surface area contributed by atoms with E-state index in [1.807, 2.05) is 19.1 Å². The number of phenols is 1. The summed E-state index contributed by atoms with van der Waals surface area (Å²) in [7, 11) is 1.63. The summed E-state index contributed by atoms with van der Waals surface area (Å²) in [5.74, 6) is 0.637. The first kappa shape index (κ1) is 24.2. The van der Waals surface area contributed by atoms with E-state index in [4.69, 9.17) is 14.2 Å². The second kappa shape index (κ2) is 8.06. The number of methoxy groups -OCH3 is 1. The van der Waals surface area contributed by atoms with Crippen LogP contribution >= 0.6 is 0 Å². The van der Waals surface area contributed by atoms with E-state index >= 15 is 0 Å². The minimum Gasteiger partial charge on any atom is -0.507 e. The van der Waals surface area contributed by atoms with Crippen LogP contribution in [0.4, 0.5) is 0 Å². The molecule has 2 fully saturated rings. The number of fused-ring (bicyclic) bond motifs is 1. The molecule has 1 aromatic rings. The molecule has 182 valence electrons. The van der Waals surface area contributed by atoms with Gasteiger partial charge in [-0.1, -0.05) is 31.9 Å². The number of rotatable bonds is 7.